The van der Waals surface area contributed by atoms with Gasteiger partial charge in [0.15, 0.2) is 0 Å². The largest absolute Gasteiger partial charge is 0.339 e. The summed E-state index contributed by atoms with van der Waals surface area (Å²) in [5.41, 5.74) is 2.30. The molecule has 2 aromatic carbocycles. The molecule has 30 heavy (non-hydrogen) atoms. The number of hydrogen-bond acceptors (Lipinski definition) is 5. The predicted molar refractivity (Wildman–Crippen MR) is 109 cm³/mol. The van der Waals surface area contributed by atoms with Gasteiger partial charge in [-0.25, -0.2) is 8.78 Å². The van der Waals surface area contributed by atoms with Gasteiger partial charge in [-0.1, -0.05) is 23.4 Å². The molecule has 3 heterocycles. The molecule has 5 rings (SSSR count). The van der Waals surface area contributed by atoms with Crippen molar-refractivity contribution in [2.45, 2.75) is 25.3 Å². The van der Waals surface area contributed by atoms with E-state index in [-0.39, 0.29) is 17.6 Å². The highest BCUT2D eigenvalue weighted by molar-refractivity contribution is 5.82. The lowest BCUT2D eigenvalue weighted by Gasteiger charge is -2.31. The number of rotatable bonds is 4. The summed E-state index contributed by atoms with van der Waals surface area (Å²) in [7, 11) is 0. The van der Waals surface area contributed by atoms with E-state index in [0.717, 1.165) is 31.5 Å². The maximum absolute atomic E-state index is 14.1. The van der Waals surface area contributed by atoms with Crippen LogP contribution in [-0.4, -0.2) is 33.1 Å². The second kappa shape index (κ2) is 7.91. The second-order valence-electron chi connectivity index (χ2n) is 7.65. The van der Waals surface area contributed by atoms with Crippen LogP contribution in [0, 0.1) is 11.6 Å². The van der Waals surface area contributed by atoms with E-state index in [9.17, 15) is 8.78 Å². The van der Waals surface area contributed by atoms with Crippen LogP contribution in [0.15, 0.2) is 59.3 Å². The average molecular weight is 406 g/mol. The van der Waals surface area contributed by atoms with E-state index >= 15 is 0 Å². The van der Waals surface area contributed by atoms with Crippen LogP contribution < -0.4 is 0 Å². The van der Waals surface area contributed by atoms with Gasteiger partial charge in [0.05, 0.1) is 11.4 Å². The highest BCUT2D eigenvalue weighted by atomic mass is 19.1. The van der Waals surface area contributed by atoms with Gasteiger partial charge in [0.1, 0.15) is 11.6 Å². The molecular weight excluding hydrogens is 386 g/mol. The van der Waals surface area contributed by atoms with Crippen LogP contribution in [-0.2, 0) is 6.54 Å². The summed E-state index contributed by atoms with van der Waals surface area (Å²) in [6, 6.07) is 13.0. The van der Waals surface area contributed by atoms with Crippen molar-refractivity contribution in [2.24, 2.45) is 0 Å². The van der Waals surface area contributed by atoms with E-state index in [2.05, 4.69) is 20.0 Å². The molecule has 2 aromatic heterocycles. The average Bonchev–Trinajstić information content (AvgIpc) is 3.27. The van der Waals surface area contributed by atoms with Crippen molar-refractivity contribution < 1.29 is 13.3 Å². The molecule has 1 fully saturated rings. The summed E-state index contributed by atoms with van der Waals surface area (Å²) in [5.74, 6) is 0.488. The van der Waals surface area contributed by atoms with Crippen molar-refractivity contribution >= 4 is 10.9 Å². The lowest BCUT2D eigenvalue weighted by atomic mass is 9.97. The molecule has 0 radical (unpaired) electrons. The molecule has 0 aliphatic carbocycles. The Morgan fingerprint density at radius 2 is 2.03 bits per heavy atom. The molecule has 5 nitrogen and oxygen atoms in total. The summed E-state index contributed by atoms with van der Waals surface area (Å²) in [5, 5.41) is 4.58. The van der Waals surface area contributed by atoms with Crippen LogP contribution in [0.4, 0.5) is 8.78 Å². The Balaban J connectivity index is 1.34. The second-order valence-corrected chi connectivity index (χ2v) is 7.65. The molecule has 0 amide bonds. The number of hydrogen-bond donors (Lipinski definition) is 0. The minimum Gasteiger partial charge on any atom is -0.339 e. The van der Waals surface area contributed by atoms with Crippen LogP contribution >= 0.6 is 0 Å². The SMILES string of the molecule is Fc1cccc(-c2noc(C3CCCN(Cc4ccc(F)c5cccnc45)C3)n2)c1. The van der Waals surface area contributed by atoms with Crippen molar-refractivity contribution in [3.8, 4) is 11.4 Å². The molecular formula is C23H20F2N4O. The Bertz CT molecular complexity index is 1190. The van der Waals surface area contributed by atoms with Crippen LogP contribution in [0.1, 0.15) is 30.2 Å². The van der Waals surface area contributed by atoms with Gasteiger partial charge in [0.2, 0.25) is 11.7 Å². The minimum absolute atomic E-state index is 0.105. The molecule has 1 unspecified atom stereocenters. The molecule has 1 atom stereocenters. The predicted octanol–water partition coefficient (Wildman–Crippen LogP) is 4.94. The smallest absolute Gasteiger partial charge is 0.231 e. The number of pyridine rings is 1. The fourth-order valence-electron chi connectivity index (χ4n) is 4.11. The maximum atomic E-state index is 14.1. The topological polar surface area (TPSA) is 55.1 Å². The van der Waals surface area contributed by atoms with Crippen LogP contribution in [0.3, 0.4) is 0 Å². The number of halogens is 2. The van der Waals surface area contributed by atoms with Gasteiger partial charge < -0.3 is 4.52 Å². The minimum atomic E-state index is -0.331. The van der Waals surface area contributed by atoms with Crippen LogP contribution in [0.25, 0.3) is 22.3 Å². The number of aromatic nitrogens is 3. The summed E-state index contributed by atoms with van der Waals surface area (Å²) < 4.78 is 33.1. The summed E-state index contributed by atoms with van der Waals surface area (Å²) in [6.07, 6.45) is 3.63. The first kappa shape index (κ1) is 18.8. The summed E-state index contributed by atoms with van der Waals surface area (Å²) in [4.78, 5) is 11.2. The highest BCUT2D eigenvalue weighted by Gasteiger charge is 2.27. The molecule has 0 spiro atoms. The Morgan fingerprint density at radius 1 is 1.10 bits per heavy atom. The van der Waals surface area contributed by atoms with Crippen LogP contribution in [0.5, 0.6) is 0 Å². The monoisotopic (exact) mass is 406 g/mol. The Morgan fingerprint density at radius 3 is 2.93 bits per heavy atom. The van der Waals surface area contributed by atoms with E-state index in [4.69, 9.17) is 4.52 Å². The quantitative estimate of drug-likeness (QED) is 0.480. The van der Waals surface area contributed by atoms with Crippen molar-refractivity contribution in [2.75, 3.05) is 13.1 Å². The standard InChI is InChI=1S/C23H20F2N4O/c24-18-6-1-4-15(12-18)22-27-23(30-28-22)17-5-3-11-29(14-17)13-16-8-9-20(25)19-7-2-10-26-21(16)19/h1-2,4,6-10,12,17H,3,5,11,13-14H2. The maximum Gasteiger partial charge on any atom is 0.231 e. The van der Waals surface area contributed by atoms with Crippen LogP contribution in [0.2, 0.25) is 0 Å². The molecule has 0 saturated carbocycles. The zero-order valence-corrected chi connectivity index (χ0v) is 16.3. The summed E-state index contributed by atoms with van der Waals surface area (Å²) in [6.45, 7) is 2.37. The first-order valence-corrected chi connectivity index (χ1v) is 10.0. The fraction of sp³-hybridized carbons (Fsp3) is 0.261. The molecule has 0 bridgehead atoms. The zero-order chi connectivity index (χ0) is 20.5. The molecule has 1 saturated heterocycles. The molecule has 1 aliphatic rings. The Hall–Kier alpha value is -3.19. The lowest BCUT2D eigenvalue weighted by molar-refractivity contribution is 0.180. The number of nitrogens with zero attached hydrogens (tertiary/aromatic N) is 4. The number of piperidine rings is 1. The van der Waals surface area contributed by atoms with Gasteiger partial charge in [-0.15, -0.1) is 0 Å². The van der Waals surface area contributed by atoms with Crippen molar-refractivity contribution in [1.29, 1.82) is 0 Å². The molecule has 0 N–H and O–H groups in total. The molecule has 152 valence electrons. The van der Waals surface area contributed by atoms with E-state index in [1.807, 2.05) is 6.07 Å². The first-order chi connectivity index (χ1) is 14.7. The highest BCUT2D eigenvalue weighted by Crippen LogP contribution is 2.29. The van der Waals surface area contributed by atoms with Gasteiger partial charge in [-0.3, -0.25) is 9.88 Å². The third-order valence-electron chi connectivity index (χ3n) is 5.57. The lowest BCUT2D eigenvalue weighted by Crippen LogP contribution is -2.34. The number of likely N-dealkylation sites (tertiary alicyclic amines) is 1. The molecule has 1 aliphatic heterocycles. The van der Waals surface area contributed by atoms with E-state index < -0.39 is 0 Å². The summed E-state index contributed by atoms with van der Waals surface area (Å²) >= 11 is 0. The Kier molecular flexibility index (Phi) is 4.96. The third-order valence-corrected chi connectivity index (χ3v) is 5.57. The Labute approximate surface area is 172 Å². The van der Waals surface area contributed by atoms with Gasteiger partial charge >= 0.3 is 0 Å². The zero-order valence-electron chi connectivity index (χ0n) is 16.3. The van der Waals surface area contributed by atoms with Crippen molar-refractivity contribution in [3.05, 3.63) is 77.8 Å². The third kappa shape index (κ3) is 3.68. The van der Waals surface area contributed by atoms with E-state index in [0.29, 0.717) is 34.7 Å². The number of benzene rings is 2. The number of fused-ring (bicyclic) bond motifs is 1. The molecule has 4 aromatic rings. The van der Waals surface area contributed by atoms with Gasteiger partial charge in [0, 0.05) is 30.2 Å². The molecule has 7 heteroatoms. The van der Waals surface area contributed by atoms with Gasteiger partial charge in [-0.2, -0.15) is 4.98 Å². The van der Waals surface area contributed by atoms with Gasteiger partial charge in [-0.05, 0) is 55.3 Å². The van der Waals surface area contributed by atoms with Crippen molar-refractivity contribution in [1.82, 2.24) is 20.0 Å². The van der Waals surface area contributed by atoms with E-state index in [1.54, 1.807) is 30.5 Å². The fourth-order valence-corrected chi connectivity index (χ4v) is 4.11. The first-order valence-electron chi connectivity index (χ1n) is 10.0. The van der Waals surface area contributed by atoms with Crippen molar-refractivity contribution in [3.63, 3.8) is 0 Å². The van der Waals surface area contributed by atoms with Gasteiger partial charge in [0.25, 0.3) is 0 Å². The normalized spacial score (nSPS) is 17.5. The van der Waals surface area contributed by atoms with E-state index in [1.165, 1.54) is 18.2 Å².